The van der Waals surface area contributed by atoms with Crippen molar-refractivity contribution in [2.24, 2.45) is 0 Å². The lowest BCUT2D eigenvalue weighted by molar-refractivity contribution is -0.133. The Hall–Kier alpha value is -1.69. The molecule has 30 heavy (non-hydrogen) atoms. The van der Waals surface area contributed by atoms with Crippen LogP contribution in [-0.2, 0) is 10.2 Å². The summed E-state index contributed by atoms with van der Waals surface area (Å²) in [5.74, 6) is -1.82. The van der Waals surface area contributed by atoms with Gasteiger partial charge >= 0.3 is 0 Å². The minimum absolute atomic E-state index is 0.0621. The van der Waals surface area contributed by atoms with Crippen LogP contribution < -0.4 is 0 Å². The Morgan fingerprint density at radius 2 is 1.70 bits per heavy atom. The average Bonchev–Trinajstić information content (AvgIpc) is 2.70. The second-order valence-electron chi connectivity index (χ2n) is 8.27. The molecule has 1 heterocycles. The van der Waals surface area contributed by atoms with Crippen molar-refractivity contribution in [1.82, 2.24) is 9.80 Å². The van der Waals surface area contributed by atoms with Crippen molar-refractivity contribution in [3.63, 3.8) is 0 Å². The Labute approximate surface area is 186 Å². The molecule has 1 aliphatic rings. The predicted octanol–water partition coefficient (Wildman–Crippen LogP) is 5.84. The lowest BCUT2D eigenvalue weighted by Crippen LogP contribution is -2.44. The molecule has 7 heteroatoms. The molecule has 0 aromatic heterocycles. The maximum Gasteiger partial charge on any atom is 0.223 e. The second-order valence-corrected chi connectivity index (χ2v) is 9.15. The zero-order valence-electron chi connectivity index (χ0n) is 17.4. The Morgan fingerprint density at radius 1 is 1.10 bits per heavy atom. The Bertz CT molecular complexity index is 909. The van der Waals surface area contributed by atoms with Crippen LogP contribution in [-0.4, -0.2) is 42.9 Å². The van der Waals surface area contributed by atoms with E-state index < -0.39 is 17.0 Å². The van der Waals surface area contributed by atoms with Crippen LogP contribution in [0.25, 0.3) is 0 Å². The van der Waals surface area contributed by atoms with Crippen molar-refractivity contribution in [2.45, 2.75) is 37.6 Å². The number of benzene rings is 2. The van der Waals surface area contributed by atoms with Crippen LogP contribution >= 0.6 is 23.2 Å². The molecule has 1 unspecified atom stereocenters. The minimum Gasteiger partial charge on any atom is -0.339 e. The van der Waals surface area contributed by atoms with Gasteiger partial charge in [0.05, 0.1) is 6.04 Å². The molecule has 2 aromatic rings. The van der Waals surface area contributed by atoms with Crippen molar-refractivity contribution in [1.29, 1.82) is 0 Å². The topological polar surface area (TPSA) is 23.6 Å². The number of piperidine rings is 1. The van der Waals surface area contributed by atoms with Crippen LogP contribution in [0.1, 0.15) is 43.4 Å². The summed E-state index contributed by atoms with van der Waals surface area (Å²) in [5, 5.41) is 1.03. The van der Waals surface area contributed by atoms with Crippen LogP contribution in [0.4, 0.5) is 8.78 Å². The average molecular weight is 455 g/mol. The normalized spacial score (nSPS) is 17.6. The third-order valence-electron chi connectivity index (χ3n) is 6.31. The highest BCUT2D eigenvalue weighted by Gasteiger charge is 2.39. The summed E-state index contributed by atoms with van der Waals surface area (Å²) in [6.45, 7) is 3.49. The van der Waals surface area contributed by atoms with E-state index in [9.17, 15) is 13.6 Å². The summed E-state index contributed by atoms with van der Waals surface area (Å²) in [6.07, 6.45) is 1.62. The van der Waals surface area contributed by atoms with E-state index in [1.807, 2.05) is 14.0 Å². The third-order valence-corrected chi connectivity index (χ3v) is 6.74. The first kappa shape index (κ1) is 23.0. The monoisotopic (exact) mass is 454 g/mol. The van der Waals surface area contributed by atoms with E-state index in [1.165, 1.54) is 6.07 Å². The number of halogens is 4. The van der Waals surface area contributed by atoms with Gasteiger partial charge in [-0.25, -0.2) is 8.78 Å². The van der Waals surface area contributed by atoms with Gasteiger partial charge < -0.3 is 9.80 Å². The number of carbonyl (C=O) groups is 1. The third kappa shape index (κ3) is 4.96. The van der Waals surface area contributed by atoms with Gasteiger partial charge in [0.2, 0.25) is 5.91 Å². The first-order valence-electron chi connectivity index (χ1n) is 9.97. The summed E-state index contributed by atoms with van der Waals surface area (Å²) in [7, 11) is 3.77. The van der Waals surface area contributed by atoms with E-state index in [1.54, 1.807) is 36.2 Å². The second kappa shape index (κ2) is 9.21. The van der Waals surface area contributed by atoms with Crippen LogP contribution in [0.15, 0.2) is 36.4 Å². The molecule has 1 atom stereocenters. The number of hydrogen-bond donors (Lipinski definition) is 0. The molecular formula is C23H26Cl2F2N2O. The van der Waals surface area contributed by atoms with Crippen LogP contribution in [0.3, 0.4) is 0 Å². The van der Waals surface area contributed by atoms with Gasteiger partial charge in [0, 0.05) is 28.9 Å². The van der Waals surface area contributed by atoms with Gasteiger partial charge in [-0.05, 0) is 81.4 Å². The highest BCUT2D eigenvalue weighted by molar-refractivity contribution is 6.34. The number of nitrogens with zero attached hydrogens (tertiary/aromatic N) is 2. The van der Waals surface area contributed by atoms with E-state index >= 15 is 0 Å². The maximum absolute atomic E-state index is 14.0. The van der Waals surface area contributed by atoms with Gasteiger partial charge in [-0.1, -0.05) is 29.3 Å². The molecule has 1 saturated heterocycles. The lowest BCUT2D eigenvalue weighted by atomic mass is 9.70. The van der Waals surface area contributed by atoms with Gasteiger partial charge in [-0.2, -0.15) is 0 Å². The van der Waals surface area contributed by atoms with E-state index in [-0.39, 0.29) is 18.4 Å². The summed E-state index contributed by atoms with van der Waals surface area (Å²) >= 11 is 12.2. The van der Waals surface area contributed by atoms with Crippen LogP contribution in [0.5, 0.6) is 0 Å². The standard InChI is InChI=1S/C23H26Cl2F2N2O/c1-15(16-10-18(24)13-19(25)11-16)29(3)22(30)14-23(6-8-28(2)9-7-23)17-4-5-20(26)21(27)12-17/h4-5,10-13,15H,6-9,14H2,1-3H3. The van der Waals surface area contributed by atoms with Crippen molar-refractivity contribution < 1.29 is 13.6 Å². The molecule has 0 bridgehead atoms. The molecule has 162 valence electrons. The zero-order chi connectivity index (χ0) is 22.1. The fourth-order valence-corrected chi connectivity index (χ4v) is 4.65. The SMILES string of the molecule is CC(c1cc(Cl)cc(Cl)c1)N(C)C(=O)CC1(c2ccc(F)c(F)c2)CCN(C)CC1. The molecule has 1 amide bonds. The van der Waals surface area contributed by atoms with Gasteiger partial charge in [0.1, 0.15) is 0 Å². The molecular weight excluding hydrogens is 429 g/mol. The zero-order valence-corrected chi connectivity index (χ0v) is 18.9. The van der Waals surface area contributed by atoms with E-state index in [4.69, 9.17) is 23.2 Å². The molecule has 2 aromatic carbocycles. The van der Waals surface area contributed by atoms with Crippen molar-refractivity contribution in [3.8, 4) is 0 Å². The highest BCUT2D eigenvalue weighted by Crippen LogP contribution is 2.40. The van der Waals surface area contributed by atoms with Gasteiger partial charge in [-0.15, -0.1) is 0 Å². The summed E-state index contributed by atoms with van der Waals surface area (Å²) in [6, 6.07) is 9.01. The van der Waals surface area contributed by atoms with Gasteiger partial charge in [-0.3, -0.25) is 4.79 Å². The van der Waals surface area contributed by atoms with Gasteiger partial charge in [0.15, 0.2) is 11.6 Å². The quantitative estimate of drug-likeness (QED) is 0.565. The summed E-state index contributed by atoms with van der Waals surface area (Å²) in [5.41, 5.74) is 0.987. The van der Waals surface area contributed by atoms with E-state index in [2.05, 4.69) is 4.90 Å². The molecule has 0 spiro atoms. The number of carbonyl (C=O) groups excluding carboxylic acids is 1. The van der Waals surface area contributed by atoms with Gasteiger partial charge in [0.25, 0.3) is 0 Å². The lowest BCUT2D eigenvalue weighted by Gasteiger charge is -2.42. The van der Waals surface area contributed by atoms with Crippen molar-refractivity contribution in [3.05, 3.63) is 69.2 Å². The largest absolute Gasteiger partial charge is 0.339 e. The minimum atomic E-state index is -0.881. The Balaban J connectivity index is 1.86. The Kier molecular flexibility index (Phi) is 7.05. The maximum atomic E-state index is 14.0. The number of hydrogen-bond acceptors (Lipinski definition) is 2. The van der Waals surface area contributed by atoms with Crippen LogP contribution in [0, 0.1) is 11.6 Å². The highest BCUT2D eigenvalue weighted by atomic mass is 35.5. The first-order valence-corrected chi connectivity index (χ1v) is 10.7. The molecule has 1 fully saturated rings. The molecule has 0 saturated carbocycles. The molecule has 3 rings (SSSR count). The smallest absolute Gasteiger partial charge is 0.223 e. The van der Waals surface area contributed by atoms with Crippen molar-refractivity contribution >= 4 is 29.1 Å². The molecule has 0 radical (unpaired) electrons. The molecule has 0 N–H and O–H groups in total. The summed E-state index contributed by atoms with van der Waals surface area (Å²) < 4.78 is 27.5. The van der Waals surface area contributed by atoms with Crippen molar-refractivity contribution in [2.75, 3.05) is 27.2 Å². The first-order chi connectivity index (χ1) is 14.1. The number of amides is 1. The molecule has 1 aliphatic heterocycles. The van der Waals surface area contributed by atoms with E-state index in [0.717, 1.165) is 24.7 Å². The predicted molar refractivity (Wildman–Crippen MR) is 117 cm³/mol. The number of likely N-dealkylation sites (tertiary alicyclic amines) is 1. The molecule has 0 aliphatic carbocycles. The van der Waals surface area contributed by atoms with Crippen LogP contribution in [0.2, 0.25) is 10.0 Å². The Morgan fingerprint density at radius 3 is 2.27 bits per heavy atom. The molecule has 3 nitrogen and oxygen atoms in total. The fraction of sp³-hybridized carbons (Fsp3) is 0.435. The summed E-state index contributed by atoms with van der Waals surface area (Å²) in [4.78, 5) is 17.1. The fourth-order valence-electron chi connectivity index (χ4n) is 4.11. The number of rotatable bonds is 5. The van der Waals surface area contributed by atoms with E-state index in [0.29, 0.717) is 28.5 Å².